The fourth-order valence-electron chi connectivity index (χ4n) is 1.89. The average Bonchev–Trinajstić information content (AvgIpc) is 2.50. The third-order valence-electron chi connectivity index (χ3n) is 3.01. The summed E-state index contributed by atoms with van der Waals surface area (Å²) >= 11 is 8.54. The summed E-state index contributed by atoms with van der Waals surface area (Å²) in [4.78, 5) is 11.5. The number of halogens is 2. The van der Waals surface area contributed by atoms with Crippen LogP contribution in [0, 0.1) is 0 Å². The fraction of sp³-hybridized carbons (Fsp3) is 0.188. The molecule has 1 N–H and O–H groups in total. The largest absolute Gasteiger partial charge is 0.358 e. The van der Waals surface area contributed by atoms with Gasteiger partial charge in [0, 0.05) is 16.0 Å². The standard InChI is InChI=1S/C16H15Br2NOS/c1-19-15(20)10-21-16(11-2-6-13(17)7-3-11)12-4-8-14(18)9-5-12/h2-9,16H,10H2,1H3,(H,19,20). The third-order valence-corrected chi connectivity index (χ3v) is 5.37. The average molecular weight is 429 g/mol. The maximum absolute atomic E-state index is 11.5. The maximum Gasteiger partial charge on any atom is 0.229 e. The van der Waals surface area contributed by atoms with E-state index in [2.05, 4.69) is 61.4 Å². The van der Waals surface area contributed by atoms with Gasteiger partial charge in [-0.15, -0.1) is 11.8 Å². The van der Waals surface area contributed by atoms with E-state index in [9.17, 15) is 4.79 Å². The van der Waals surface area contributed by atoms with Gasteiger partial charge in [0.2, 0.25) is 5.91 Å². The van der Waals surface area contributed by atoms with Crippen molar-refractivity contribution in [3.05, 3.63) is 68.6 Å². The summed E-state index contributed by atoms with van der Waals surface area (Å²) in [5.41, 5.74) is 2.38. The van der Waals surface area contributed by atoms with Crippen molar-refractivity contribution in [2.24, 2.45) is 0 Å². The Balaban J connectivity index is 2.27. The first-order valence-electron chi connectivity index (χ1n) is 6.43. The Bertz CT molecular complexity index is 553. The molecule has 0 atom stereocenters. The van der Waals surface area contributed by atoms with Crippen LogP contribution in [0.2, 0.25) is 0 Å². The van der Waals surface area contributed by atoms with E-state index in [4.69, 9.17) is 0 Å². The molecule has 2 nitrogen and oxygen atoms in total. The van der Waals surface area contributed by atoms with Gasteiger partial charge in [0.05, 0.1) is 11.0 Å². The van der Waals surface area contributed by atoms with Crippen molar-refractivity contribution < 1.29 is 4.79 Å². The molecule has 0 bridgehead atoms. The first-order chi connectivity index (χ1) is 10.1. The van der Waals surface area contributed by atoms with Crippen LogP contribution in [-0.4, -0.2) is 18.7 Å². The molecule has 0 aliphatic heterocycles. The lowest BCUT2D eigenvalue weighted by Crippen LogP contribution is -2.20. The van der Waals surface area contributed by atoms with Crippen LogP contribution in [-0.2, 0) is 4.79 Å². The zero-order valence-electron chi connectivity index (χ0n) is 11.5. The number of carbonyl (C=O) groups is 1. The van der Waals surface area contributed by atoms with Gasteiger partial charge in [-0.2, -0.15) is 0 Å². The van der Waals surface area contributed by atoms with Gasteiger partial charge in [-0.3, -0.25) is 4.79 Å². The molecule has 0 aromatic heterocycles. The van der Waals surface area contributed by atoms with Gasteiger partial charge in [-0.05, 0) is 35.4 Å². The van der Waals surface area contributed by atoms with Crippen molar-refractivity contribution in [2.75, 3.05) is 12.8 Å². The second-order valence-electron chi connectivity index (χ2n) is 4.47. The zero-order valence-corrected chi connectivity index (χ0v) is 15.5. The summed E-state index contributed by atoms with van der Waals surface area (Å²) in [7, 11) is 1.66. The summed E-state index contributed by atoms with van der Waals surface area (Å²) in [6, 6.07) is 16.5. The normalized spacial score (nSPS) is 10.7. The number of thioether (sulfide) groups is 1. The summed E-state index contributed by atoms with van der Waals surface area (Å²) in [5.74, 6) is 0.479. The molecule has 5 heteroatoms. The lowest BCUT2D eigenvalue weighted by atomic mass is 10.0. The minimum Gasteiger partial charge on any atom is -0.358 e. The Hall–Kier alpha value is -0.780. The summed E-state index contributed by atoms with van der Waals surface area (Å²) in [6.07, 6.45) is 0. The fourth-order valence-corrected chi connectivity index (χ4v) is 3.58. The van der Waals surface area contributed by atoms with Crippen molar-refractivity contribution in [1.29, 1.82) is 0 Å². The number of carbonyl (C=O) groups excluding carboxylic acids is 1. The van der Waals surface area contributed by atoms with Crippen molar-refractivity contribution in [1.82, 2.24) is 5.32 Å². The van der Waals surface area contributed by atoms with Crippen LogP contribution in [0.5, 0.6) is 0 Å². The van der Waals surface area contributed by atoms with Crippen molar-refractivity contribution >= 4 is 49.5 Å². The van der Waals surface area contributed by atoms with Gasteiger partial charge in [0.15, 0.2) is 0 Å². The van der Waals surface area contributed by atoms with E-state index in [1.807, 2.05) is 24.3 Å². The van der Waals surface area contributed by atoms with Crippen molar-refractivity contribution in [2.45, 2.75) is 5.25 Å². The smallest absolute Gasteiger partial charge is 0.229 e. The van der Waals surface area contributed by atoms with Crippen LogP contribution < -0.4 is 5.32 Å². The summed E-state index contributed by atoms with van der Waals surface area (Å²) in [6.45, 7) is 0. The molecule has 0 saturated carbocycles. The second kappa shape index (κ2) is 8.01. The molecule has 1 amide bonds. The van der Waals surface area contributed by atoms with E-state index in [1.165, 1.54) is 11.1 Å². The lowest BCUT2D eigenvalue weighted by Gasteiger charge is -2.17. The number of nitrogens with one attached hydrogen (secondary N) is 1. The molecule has 0 aliphatic rings. The Morgan fingerprint density at radius 1 is 1.00 bits per heavy atom. The van der Waals surface area contributed by atoms with Crippen LogP contribution in [0.25, 0.3) is 0 Å². The maximum atomic E-state index is 11.5. The molecule has 2 aromatic rings. The molecule has 0 aliphatic carbocycles. The molecule has 0 radical (unpaired) electrons. The lowest BCUT2D eigenvalue weighted by molar-refractivity contribution is -0.118. The van der Waals surface area contributed by atoms with Crippen LogP contribution in [0.15, 0.2) is 57.5 Å². The molecule has 2 aromatic carbocycles. The number of rotatable bonds is 5. The highest BCUT2D eigenvalue weighted by Crippen LogP contribution is 2.36. The van der Waals surface area contributed by atoms with Gasteiger partial charge in [-0.1, -0.05) is 56.1 Å². The van der Waals surface area contributed by atoms with Gasteiger partial charge in [-0.25, -0.2) is 0 Å². The summed E-state index contributed by atoms with van der Waals surface area (Å²) < 4.78 is 2.11. The van der Waals surface area contributed by atoms with E-state index in [0.29, 0.717) is 5.75 Å². The van der Waals surface area contributed by atoms with Gasteiger partial charge >= 0.3 is 0 Å². The molecule has 21 heavy (non-hydrogen) atoms. The Labute approximate surface area is 146 Å². The number of benzene rings is 2. The highest BCUT2D eigenvalue weighted by molar-refractivity contribution is 9.10. The van der Waals surface area contributed by atoms with Crippen molar-refractivity contribution in [3.63, 3.8) is 0 Å². The first-order valence-corrected chi connectivity index (χ1v) is 9.06. The predicted octanol–water partition coefficient (Wildman–Crippen LogP) is 4.78. The van der Waals surface area contributed by atoms with Crippen LogP contribution in [0.4, 0.5) is 0 Å². The zero-order chi connectivity index (χ0) is 15.2. The van der Waals surface area contributed by atoms with Crippen molar-refractivity contribution in [3.8, 4) is 0 Å². The second-order valence-corrected chi connectivity index (χ2v) is 7.39. The highest BCUT2D eigenvalue weighted by Gasteiger charge is 2.16. The van der Waals surface area contributed by atoms with E-state index in [-0.39, 0.29) is 11.2 Å². The molecule has 0 fully saturated rings. The van der Waals surface area contributed by atoms with E-state index in [1.54, 1.807) is 18.8 Å². The Kier molecular flexibility index (Phi) is 6.33. The number of hydrogen-bond acceptors (Lipinski definition) is 2. The molecule has 0 saturated heterocycles. The van der Waals surface area contributed by atoms with Gasteiger partial charge < -0.3 is 5.32 Å². The molecule has 0 spiro atoms. The molecular weight excluding hydrogens is 414 g/mol. The van der Waals surface area contributed by atoms with Gasteiger partial charge in [0.1, 0.15) is 0 Å². The molecule has 2 rings (SSSR count). The molecule has 0 heterocycles. The topological polar surface area (TPSA) is 29.1 Å². The van der Waals surface area contributed by atoms with Crippen LogP contribution >= 0.6 is 43.6 Å². The molecule has 0 unspecified atom stereocenters. The summed E-state index contributed by atoms with van der Waals surface area (Å²) in [5, 5.41) is 2.81. The SMILES string of the molecule is CNC(=O)CSC(c1ccc(Br)cc1)c1ccc(Br)cc1. The third kappa shape index (κ3) is 4.87. The first kappa shape index (κ1) is 16.6. The van der Waals surface area contributed by atoms with Crippen LogP contribution in [0.3, 0.4) is 0 Å². The minimum absolute atomic E-state index is 0.0409. The number of amides is 1. The minimum atomic E-state index is 0.0409. The van der Waals surface area contributed by atoms with E-state index >= 15 is 0 Å². The van der Waals surface area contributed by atoms with E-state index < -0.39 is 0 Å². The van der Waals surface area contributed by atoms with Gasteiger partial charge in [0.25, 0.3) is 0 Å². The molecular formula is C16H15Br2NOS. The predicted molar refractivity (Wildman–Crippen MR) is 96.7 cm³/mol. The monoisotopic (exact) mass is 427 g/mol. The Morgan fingerprint density at radius 3 is 1.81 bits per heavy atom. The van der Waals surface area contributed by atoms with Crippen LogP contribution in [0.1, 0.15) is 16.4 Å². The van der Waals surface area contributed by atoms with E-state index in [0.717, 1.165) is 8.95 Å². The molecule has 110 valence electrons. The quantitative estimate of drug-likeness (QED) is 0.742. The number of hydrogen-bond donors (Lipinski definition) is 1. The Morgan fingerprint density at radius 2 is 1.43 bits per heavy atom. The highest BCUT2D eigenvalue weighted by atomic mass is 79.9.